The van der Waals surface area contributed by atoms with Crippen molar-refractivity contribution in [1.29, 1.82) is 0 Å². The molecule has 4 aromatic rings. The zero-order valence-electron chi connectivity index (χ0n) is 16.4. The zero-order chi connectivity index (χ0) is 20.5. The largest absolute Gasteiger partial charge is 0.457 e. The maximum atomic E-state index is 13.4. The standard InChI is InChI=1S/C23H21N5O2/c24-22-19-20(27-28(16-8-4-5-9-16)23(19)26-14-25-22)21(29)15-7-6-12-18(13-15)30-17-10-2-1-3-11-17/h1-3,6-7,10-14,16H,4-5,8-9H2,(H2,24,25,26). The van der Waals surface area contributed by atoms with Crippen molar-refractivity contribution in [3.63, 3.8) is 0 Å². The summed E-state index contributed by atoms with van der Waals surface area (Å²) in [5, 5.41) is 5.18. The van der Waals surface area contributed by atoms with Gasteiger partial charge in [-0.15, -0.1) is 0 Å². The quantitative estimate of drug-likeness (QED) is 0.495. The van der Waals surface area contributed by atoms with Crippen LogP contribution in [0.5, 0.6) is 11.5 Å². The molecule has 2 heterocycles. The Morgan fingerprint density at radius 1 is 1.00 bits per heavy atom. The lowest BCUT2D eigenvalue weighted by atomic mass is 10.1. The smallest absolute Gasteiger partial charge is 0.214 e. The van der Waals surface area contributed by atoms with Gasteiger partial charge in [0.05, 0.1) is 11.4 Å². The second-order valence-electron chi connectivity index (χ2n) is 7.46. The summed E-state index contributed by atoms with van der Waals surface area (Å²) < 4.78 is 7.73. The van der Waals surface area contributed by atoms with E-state index in [1.54, 1.807) is 18.2 Å². The fourth-order valence-electron chi connectivity index (χ4n) is 4.02. The van der Waals surface area contributed by atoms with Gasteiger partial charge in [-0.2, -0.15) is 5.10 Å². The topological polar surface area (TPSA) is 95.9 Å². The number of benzene rings is 2. The van der Waals surface area contributed by atoms with Crippen LogP contribution in [0.1, 0.15) is 47.8 Å². The first-order valence-electron chi connectivity index (χ1n) is 10.1. The molecule has 0 unspecified atom stereocenters. The van der Waals surface area contributed by atoms with Gasteiger partial charge in [-0.05, 0) is 37.1 Å². The number of nitrogens with two attached hydrogens (primary N) is 1. The van der Waals surface area contributed by atoms with Crippen LogP contribution in [0.2, 0.25) is 0 Å². The van der Waals surface area contributed by atoms with E-state index in [0.717, 1.165) is 25.7 Å². The minimum absolute atomic E-state index is 0.225. The van der Waals surface area contributed by atoms with E-state index >= 15 is 0 Å². The number of nitrogens with zero attached hydrogens (tertiary/aromatic N) is 4. The van der Waals surface area contributed by atoms with Gasteiger partial charge in [0.25, 0.3) is 0 Å². The molecule has 0 saturated heterocycles. The lowest BCUT2D eigenvalue weighted by Gasteiger charge is -2.10. The van der Waals surface area contributed by atoms with Gasteiger partial charge in [0, 0.05) is 5.56 Å². The first-order valence-corrected chi connectivity index (χ1v) is 10.1. The summed E-state index contributed by atoms with van der Waals surface area (Å²) in [7, 11) is 0. The third-order valence-electron chi connectivity index (χ3n) is 5.48. The van der Waals surface area contributed by atoms with Crippen LogP contribution in [-0.2, 0) is 0 Å². The van der Waals surface area contributed by atoms with E-state index in [4.69, 9.17) is 10.5 Å². The predicted molar refractivity (Wildman–Crippen MR) is 114 cm³/mol. The highest BCUT2D eigenvalue weighted by atomic mass is 16.5. The van der Waals surface area contributed by atoms with E-state index < -0.39 is 0 Å². The van der Waals surface area contributed by atoms with Crippen LogP contribution in [-0.4, -0.2) is 25.5 Å². The highest BCUT2D eigenvalue weighted by Gasteiger charge is 2.27. The molecule has 2 N–H and O–H groups in total. The summed E-state index contributed by atoms with van der Waals surface area (Å²) in [6.07, 6.45) is 5.76. The average Bonchev–Trinajstić information content (AvgIpc) is 3.43. The average molecular weight is 399 g/mol. The molecule has 1 fully saturated rings. The number of fused-ring (bicyclic) bond motifs is 1. The van der Waals surface area contributed by atoms with E-state index in [2.05, 4.69) is 15.1 Å². The van der Waals surface area contributed by atoms with Crippen molar-refractivity contribution in [1.82, 2.24) is 19.7 Å². The number of ketones is 1. The summed E-state index contributed by atoms with van der Waals surface area (Å²) in [4.78, 5) is 21.9. The number of ether oxygens (including phenoxy) is 1. The molecule has 7 nitrogen and oxygen atoms in total. The summed E-state index contributed by atoms with van der Waals surface area (Å²) in [6, 6.07) is 16.8. The van der Waals surface area contributed by atoms with E-state index in [9.17, 15) is 4.79 Å². The van der Waals surface area contributed by atoms with Crippen LogP contribution in [0.3, 0.4) is 0 Å². The molecule has 0 spiro atoms. The number of hydrogen-bond acceptors (Lipinski definition) is 6. The number of hydrogen-bond donors (Lipinski definition) is 1. The van der Waals surface area contributed by atoms with E-state index in [0.29, 0.717) is 28.1 Å². The van der Waals surface area contributed by atoms with Crippen LogP contribution in [0.4, 0.5) is 5.82 Å². The summed E-state index contributed by atoms with van der Waals surface area (Å²) in [6.45, 7) is 0. The number of para-hydroxylation sites is 1. The minimum Gasteiger partial charge on any atom is -0.457 e. The fourth-order valence-corrected chi connectivity index (χ4v) is 4.02. The molecule has 0 bridgehead atoms. The SMILES string of the molecule is Nc1ncnc2c1c(C(=O)c1cccc(Oc3ccccc3)c1)nn2C1CCCC1. The monoisotopic (exact) mass is 399 g/mol. The van der Waals surface area contributed by atoms with Gasteiger partial charge in [-0.3, -0.25) is 4.79 Å². The highest BCUT2D eigenvalue weighted by Crippen LogP contribution is 2.34. The van der Waals surface area contributed by atoms with E-state index in [1.165, 1.54) is 6.33 Å². The van der Waals surface area contributed by atoms with E-state index in [-0.39, 0.29) is 23.3 Å². The fraction of sp³-hybridized carbons (Fsp3) is 0.217. The Morgan fingerprint density at radius 2 is 1.77 bits per heavy atom. The molecule has 150 valence electrons. The van der Waals surface area contributed by atoms with E-state index in [1.807, 2.05) is 41.1 Å². The predicted octanol–water partition coefficient (Wildman–Crippen LogP) is 4.55. The van der Waals surface area contributed by atoms with Crippen LogP contribution in [0.15, 0.2) is 60.9 Å². The van der Waals surface area contributed by atoms with Crippen molar-refractivity contribution in [3.05, 3.63) is 72.2 Å². The maximum absolute atomic E-state index is 13.4. The molecular weight excluding hydrogens is 378 g/mol. The van der Waals surface area contributed by atoms with Gasteiger partial charge in [-0.1, -0.05) is 43.2 Å². The summed E-state index contributed by atoms with van der Waals surface area (Å²) >= 11 is 0. The molecule has 0 amide bonds. The molecule has 2 aromatic carbocycles. The lowest BCUT2D eigenvalue weighted by Crippen LogP contribution is -2.09. The lowest BCUT2D eigenvalue weighted by molar-refractivity contribution is 0.103. The van der Waals surface area contributed by atoms with Crippen LogP contribution in [0, 0.1) is 0 Å². The second-order valence-corrected chi connectivity index (χ2v) is 7.46. The van der Waals surface area contributed by atoms with Crippen molar-refractivity contribution in [3.8, 4) is 11.5 Å². The van der Waals surface area contributed by atoms with Gasteiger partial charge in [0.1, 0.15) is 29.3 Å². The molecule has 0 aliphatic heterocycles. The Kier molecular flexibility index (Phi) is 4.63. The van der Waals surface area contributed by atoms with Crippen molar-refractivity contribution < 1.29 is 9.53 Å². The number of carbonyl (C=O) groups is 1. The van der Waals surface area contributed by atoms with Crippen molar-refractivity contribution in [2.24, 2.45) is 0 Å². The Labute approximate surface area is 173 Å². The number of anilines is 1. The van der Waals surface area contributed by atoms with Crippen LogP contribution in [0.25, 0.3) is 11.0 Å². The summed E-state index contributed by atoms with van der Waals surface area (Å²) in [5.41, 5.74) is 7.52. The third-order valence-corrected chi connectivity index (χ3v) is 5.48. The molecule has 0 radical (unpaired) electrons. The van der Waals surface area contributed by atoms with Gasteiger partial charge in [0.2, 0.25) is 5.78 Å². The third kappa shape index (κ3) is 3.28. The van der Waals surface area contributed by atoms with Crippen LogP contribution >= 0.6 is 0 Å². The number of carbonyl (C=O) groups excluding carboxylic acids is 1. The van der Waals surface area contributed by atoms with Crippen molar-refractivity contribution in [2.75, 3.05) is 5.73 Å². The molecule has 1 aliphatic rings. The van der Waals surface area contributed by atoms with Gasteiger partial charge >= 0.3 is 0 Å². The Balaban J connectivity index is 1.54. The first-order chi connectivity index (χ1) is 14.7. The van der Waals surface area contributed by atoms with Crippen molar-refractivity contribution >= 4 is 22.6 Å². The highest BCUT2D eigenvalue weighted by molar-refractivity contribution is 6.16. The maximum Gasteiger partial charge on any atom is 0.214 e. The van der Waals surface area contributed by atoms with Crippen molar-refractivity contribution in [2.45, 2.75) is 31.7 Å². The zero-order valence-corrected chi connectivity index (χ0v) is 16.4. The van der Waals surface area contributed by atoms with Gasteiger partial charge < -0.3 is 10.5 Å². The normalized spacial score (nSPS) is 14.3. The minimum atomic E-state index is -0.225. The molecule has 5 rings (SSSR count). The first kappa shape index (κ1) is 18.3. The number of nitrogen functional groups attached to an aromatic ring is 1. The Hall–Kier alpha value is -3.74. The number of rotatable bonds is 5. The Bertz CT molecular complexity index is 1210. The number of aromatic nitrogens is 4. The summed E-state index contributed by atoms with van der Waals surface area (Å²) in [5.74, 6) is 1.33. The van der Waals surface area contributed by atoms with Crippen LogP contribution < -0.4 is 10.5 Å². The molecule has 1 aliphatic carbocycles. The van der Waals surface area contributed by atoms with Gasteiger partial charge in [-0.25, -0.2) is 14.6 Å². The molecule has 2 aromatic heterocycles. The second kappa shape index (κ2) is 7.59. The molecule has 7 heteroatoms. The molecule has 0 atom stereocenters. The molecule has 30 heavy (non-hydrogen) atoms. The van der Waals surface area contributed by atoms with Gasteiger partial charge in [0.15, 0.2) is 5.65 Å². The molecule has 1 saturated carbocycles. The Morgan fingerprint density at radius 3 is 2.57 bits per heavy atom. The molecular formula is C23H21N5O2.